The maximum absolute atomic E-state index is 12.4. The van der Waals surface area contributed by atoms with Crippen molar-refractivity contribution in [3.05, 3.63) is 0 Å². The zero-order chi connectivity index (χ0) is 24.8. The van der Waals surface area contributed by atoms with E-state index in [4.69, 9.17) is 27.4 Å². The number of carboxylic acid groups (broad SMARTS) is 3. The van der Waals surface area contributed by atoms with Crippen LogP contribution in [0.25, 0.3) is 0 Å². The van der Waals surface area contributed by atoms with Gasteiger partial charge >= 0.3 is 17.9 Å². The first-order valence-electron chi connectivity index (χ1n) is 9.19. The van der Waals surface area contributed by atoms with E-state index in [2.05, 4.69) is 10.3 Å². The van der Waals surface area contributed by atoms with Crippen LogP contribution < -0.4 is 33.2 Å². The Kier molecular flexibility index (Phi) is 12.4. The summed E-state index contributed by atoms with van der Waals surface area (Å²) in [6, 6.07) is -4.86. The van der Waals surface area contributed by atoms with Crippen LogP contribution in [0.4, 0.5) is 0 Å². The molecule has 16 heteroatoms. The minimum atomic E-state index is -1.76. The van der Waals surface area contributed by atoms with Gasteiger partial charge in [0.15, 0.2) is 5.96 Å². The van der Waals surface area contributed by atoms with Crippen molar-refractivity contribution in [1.82, 2.24) is 16.0 Å². The molecule has 16 nitrogen and oxygen atoms in total. The van der Waals surface area contributed by atoms with E-state index in [9.17, 15) is 33.9 Å². The first kappa shape index (κ1) is 28.1. The first-order chi connectivity index (χ1) is 14.9. The van der Waals surface area contributed by atoms with Gasteiger partial charge in [-0.25, -0.2) is 4.79 Å². The minimum absolute atomic E-state index is 0.0784. The van der Waals surface area contributed by atoms with Crippen molar-refractivity contribution in [3.8, 4) is 0 Å². The number of amides is 3. The predicted molar refractivity (Wildman–Crippen MR) is 107 cm³/mol. The van der Waals surface area contributed by atoms with E-state index >= 15 is 0 Å². The van der Waals surface area contributed by atoms with Gasteiger partial charge in [0.05, 0.1) is 19.4 Å². The Balaban J connectivity index is 5.35. The van der Waals surface area contributed by atoms with Gasteiger partial charge in [-0.2, -0.15) is 0 Å². The molecule has 3 atom stereocenters. The summed E-state index contributed by atoms with van der Waals surface area (Å²) in [5.74, 6) is -7.79. The van der Waals surface area contributed by atoms with Crippen molar-refractivity contribution in [2.45, 2.75) is 43.8 Å². The maximum atomic E-state index is 12.4. The van der Waals surface area contributed by atoms with Gasteiger partial charge in [0.1, 0.15) is 18.1 Å². The van der Waals surface area contributed by atoms with Crippen LogP contribution in [0.1, 0.15) is 25.7 Å². The van der Waals surface area contributed by atoms with Gasteiger partial charge in [0.2, 0.25) is 17.7 Å². The van der Waals surface area contributed by atoms with Crippen molar-refractivity contribution in [1.29, 1.82) is 0 Å². The Hall–Kier alpha value is -3.95. The van der Waals surface area contributed by atoms with E-state index in [0.29, 0.717) is 0 Å². The topological polar surface area (TPSA) is 290 Å². The molecular formula is C16H27N7O9. The van der Waals surface area contributed by atoms with Gasteiger partial charge in [0.25, 0.3) is 0 Å². The summed E-state index contributed by atoms with van der Waals surface area (Å²) in [6.45, 7) is -0.475. The van der Waals surface area contributed by atoms with Crippen LogP contribution in [0, 0.1) is 0 Å². The number of carboxylic acids is 3. The molecule has 0 radical (unpaired) electrons. The van der Waals surface area contributed by atoms with E-state index in [0.717, 1.165) is 0 Å². The van der Waals surface area contributed by atoms with E-state index in [1.54, 1.807) is 0 Å². The van der Waals surface area contributed by atoms with Gasteiger partial charge in [-0.05, 0) is 12.8 Å². The molecule has 3 unspecified atom stereocenters. The molecular weight excluding hydrogens is 434 g/mol. The van der Waals surface area contributed by atoms with E-state index in [1.165, 1.54) is 0 Å². The van der Waals surface area contributed by atoms with Gasteiger partial charge in [0, 0.05) is 6.54 Å². The molecule has 0 aliphatic heterocycles. The summed E-state index contributed by atoms with van der Waals surface area (Å²) in [5, 5.41) is 33.3. The minimum Gasteiger partial charge on any atom is -0.481 e. The standard InChI is InChI=1S/C16H27N7O9/c17-6-10(24)21-8(4-11(25)26)13(29)23-9(5-12(27)28)14(30)22-7(15(31)32)2-1-3-20-16(18)19/h7-9H,1-6,17H2,(H,21,24)(H,22,30)(H,23,29)(H,25,26)(H,27,28)(H,31,32)(H4,18,19,20). The van der Waals surface area contributed by atoms with Crippen molar-refractivity contribution >= 4 is 41.6 Å². The number of aliphatic imine (C=N–C) groups is 1. The highest BCUT2D eigenvalue weighted by atomic mass is 16.4. The van der Waals surface area contributed by atoms with Crippen LogP contribution in [0.3, 0.4) is 0 Å². The van der Waals surface area contributed by atoms with Crippen LogP contribution in [0.2, 0.25) is 0 Å². The molecule has 0 rings (SSSR count). The predicted octanol–water partition coefficient (Wildman–Crippen LogP) is -4.51. The lowest BCUT2D eigenvalue weighted by molar-refractivity contribution is -0.145. The molecule has 0 aromatic carbocycles. The second-order valence-corrected chi connectivity index (χ2v) is 6.43. The first-order valence-corrected chi connectivity index (χ1v) is 9.19. The van der Waals surface area contributed by atoms with Gasteiger partial charge in [-0.3, -0.25) is 29.0 Å². The number of aliphatic carboxylic acids is 3. The van der Waals surface area contributed by atoms with Crippen LogP contribution in [-0.4, -0.2) is 88.1 Å². The summed E-state index contributed by atoms with van der Waals surface area (Å²) in [4.78, 5) is 73.3. The zero-order valence-electron chi connectivity index (χ0n) is 16.9. The molecule has 0 saturated heterocycles. The maximum Gasteiger partial charge on any atom is 0.326 e. The number of nitrogens with one attached hydrogen (secondary N) is 3. The third-order valence-electron chi connectivity index (χ3n) is 3.79. The molecule has 0 aromatic rings. The van der Waals surface area contributed by atoms with E-state index < -0.39 is 73.1 Å². The molecule has 32 heavy (non-hydrogen) atoms. The highest BCUT2D eigenvalue weighted by Gasteiger charge is 2.31. The van der Waals surface area contributed by atoms with E-state index in [1.807, 2.05) is 10.6 Å². The second-order valence-electron chi connectivity index (χ2n) is 6.43. The Morgan fingerprint density at radius 1 is 0.781 bits per heavy atom. The smallest absolute Gasteiger partial charge is 0.326 e. The molecule has 12 N–H and O–H groups in total. The number of carbonyl (C=O) groups is 6. The second kappa shape index (κ2) is 14.1. The highest BCUT2D eigenvalue weighted by Crippen LogP contribution is 2.03. The Bertz CT molecular complexity index is 752. The number of hydrogen-bond acceptors (Lipinski definition) is 8. The van der Waals surface area contributed by atoms with Crippen LogP contribution >= 0.6 is 0 Å². The summed E-state index contributed by atoms with van der Waals surface area (Å²) in [5.41, 5.74) is 15.4. The molecule has 0 bridgehead atoms. The Morgan fingerprint density at radius 2 is 1.25 bits per heavy atom. The average Bonchev–Trinajstić information content (AvgIpc) is 2.67. The molecule has 180 valence electrons. The largest absolute Gasteiger partial charge is 0.481 e. The normalized spacial score (nSPS) is 13.0. The number of guanidine groups is 1. The van der Waals surface area contributed by atoms with Crippen LogP contribution in [0.15, 0.2) is 4.99 Å². The third kappa shape index (κ3) is 11.9. The SMILES string of the molecule is NCC(=O)NC(CC(=O)O)C(=O)NC(CC(=O)O)C(=O)NC(CCCN=C(N)N)C(=O)O. The van der Waals surface area contributed by atoms with Gasteiger partial charge < -0.3 is 48.5 Å². The summed E-state index contributed by atoms with van der Waals surface area (Å²) in [6.07, 6.45) is -1.76. The lowest BCUT2D eigenvalue weighted by Gasteiger charge is -2.23. The summed E-state index contributed by atoms with van der Waals surface area (Å²) in [7, 11) is 0. The lowest BCUT2D eigenvalue weighted by atomic mass is 10.1. The third-order valence-corrected chi connectivity index (χ3v) is 3.79. The number of nitrogens with zero attached hydrogens (tertiary/aromatic N) is 1. The summed E-state index contributed by atoms with van der Waals surface area (Å²) < 4.78 is 0. The fourth-order valence-corrected chi connectivity index (χ4v) is 2.33. The van der Waals surface area contributed by atoms with Crippen LogP contribution in [0.5, 0.6) is 0 Å². The van der Waals surface area contributed by atoms with Crippen molar-refractivity contribution in [2.24, 2.45) is 22.2 Å². The molecule has 0 aliphatic rings. The number of rotatable bonds is 15. The number of hydrogen-bond donors (Lipinski definition) is 9. The molecule has 0 fully saturated rings. The van der Waals surface area contributed by atoms with Crippen molar-refractivity contribution in [3.63, 3.8) is 0 Å². The van der Waals surface area contributed by atoms with Crippen molar-refractivity contribution in [2.75, 3.05) is 13.1 Å². The number of carbonyl (C=O) groups excluding carboxylic acids is 3. The molecule has 0 spiro atoms. The molecule has 0 heterocycles. The van der Waals surface area contributed by atoms with Gasteiger partial charge in [-0.1, -0.05) is 0 Å². The Labute approximate surface area is 181 Å². The highest BCUT2D eigenvalue weighted by molar-refractivity contribution is 5.96. The zero-order valence-corrected chi connectivity index (χ0v) is 16.9. The van der Waals surface area contributed by atoms with E-state index in [-0.39, 0.29) is 25.3 Å². The average molecular weight is 461 g/mol. The fraction of sp³-hybridized carbons (Fsp3) is 0.562. The lowest BCUT2D eigenvalue weighted by Crippen LogP contribution is -2.57. The quantitative estimate of drug-likeness (QED) is 0.0633. The number of nitrogens with two attached hydrogens (primary N) is 3. The van der Waals surface area contributed by atoms with Gasteiger partial charge in [-0.15, -0.1) is 0 Å². The molecule has 0 saturated carbocycles. The molecule has 0 aliphatic carbocycles. The Morgan fingerprint density at radius 3 is 1.66 bits per heavy atom. The van der Waals surface area contributed by atoms with Crippen LogP contribution in [-0.2, 0) is 28.8 Å². The van der Waals surface area contributed by atoms with Crippen molar-refractivity contribution < 1.29 is 44.1 Å². The summed E-state index contributed by atoms with van der Waals surface area (Å²) >= 11 is 0. The molecule has 0 aromatic heterocycles. The molecule has 3 amide bonds. The monoisotopic (exact) mass is 461 g/mol. The fourth-order valence-electron chi connectivity index (χ4n) is 2.33.